The fraction of sp³-hybridized carbons (Fsp3) is 0.381. The van der Waals surface area contributed by atoms with Crippen LogP contribution in [0.1, 0.15) is 12.5 Å². The number of carbonyl (C=O) groups excluding carboxylic acids is 2. The molecule has 1 aliphatic rings. The Morgan fingerprint density at radius 1 is 1.17 bits per heavy atom. The molecule has 0 radical (unpaired) electrons. The number of anilines is 1. The van der Waals surface area contributed by atoms with Gasteiger partial charge in [0.25, 0.3) is 5.91 Å². The fourth-order valence-corrected chi connectivity index (χ4v) is 2.89. The molecule has 0 aliphatic carbocycles. The van der Waals surface area contributed by atoms with E-state index in [2.05, 4.69) is 20.5 Å². The van der Waals surface area contributed by atoms with Crippen LogP contribution < -0.4 is 20.3 Å². The summed E-state index contributed by atoms with van der Waals surface area (Å²) in [4.78, 5) is 30.4. The summed E-state index contributed by atoms with van der Waals surface area (Å²) in [6.07, 6.45) is 1.94. The molecule has 2 aromatic rings. The lowest BCUT2D eigenvalue weighted by atomic mass is 10.2. The first-order valence-corrected chi connectivity index (χ1v) is 9.63. The molecule has 2 amide bonds. The number of nitrogens with zero attached hydrogens (tertiary/aromatic N) is 2. The van der Waals surface area contributed by atoms with Gasteiger partial charge in [0.15, 0.2) is 6.61 Å². The van der Waals surface area contributed by atoms with Gasteiger partial charge in [0, 0.05) is 25.8 Å². The number of rotatable bonds is 8. The van der Waals surface area contributed by atoms with Gasteiger partial charge >= 0.3 is 0 Å². The lowest BCUT2D eigenvalue weighted by molar-refractivity contribution is -0.127. The van der Waals surface area contributed by atoms with E-state index >= 15 is 0 Å². The van der Waals surface area contributed by atoms with Gasteiger partial charge in [-0.3, -0.25) is 9.59 Å². The highest BCUT2D eigenvalue weighted by Gasteiger charge is 2.17. The standard InChI is InChI=1S/C21H26N4O4/c1-16-14-25(9-10-28-16)19-8-7-17(11-22-19)12-23-20(26)13-24-21(27)15-29-18-5-3-2-4-6-18/h2-8,11,16H,9-10,12-15H2,1H3,(H,23,26)(H,24,27). The number of hydrogen-bond acceptors (Lipinski definition) is 6. The zero-order valence-corrected chi connectivity index (χ0v) is 16.5. The van der Waals surface area contributed by atoms with Crippen molar-refractivity contribution < 1.29 is 19.1 Å². The van der Waals surface area contributed by atoms with E-state index in [0.29, 0.717) is 18.9 Å². The van der Waals surface area contributed by atoms with Crippen LogP contribution >= 0.6 is 0 Å². The summed E-state index contributed by atoms with van der Waals surface area (Å²) >= 11 is 0. The molecule has 8 heteroatoms. The van der Waals surface area contributed by atoms with Crippen molar-refractivity contribution in [3.05, 3.63) is 54.2 Å². The molecule has 3 rings (SSSR count). The molecule has 29 heavy (non-hydrogen) atoms. The second-order valence-electron chi connectivity index (χ2n) is 6.81. The van der Waals surface area contributed by atoms with Crippen molar-refractivity contribution in [2.45, 2.75) is 19.6 Å². The van der Waals surface area contributed by atoms with Gasteiger partial charge in [-0.1, -0.05) is 24.3 Å². The number of ether oxygens (including phenoxy) is 2. The molecule has 1 aromatic heterocycles. The molecule has 8 nitrogen and oxygen atoms in total. The van der Waals surface area contributed by atoms with Crippen LogP contribution in [0.15, 0.2) is 48.7 Å². The van der Waals surface area contributed by atoms with Crippen LogP contribution in [0.3, 0.4) is 0 Å². The highest BCUT2D eigenvalue weighted by atomic mass is 16.5. The van der Waals surface area contributed by atoms with Gasteiger partial charge in [0.05, 0.1) is 19.3 Å². The number of pyridine rings is 1. The van der Waals surface area contributed by atoms with Gasteiger partial charge in [0.1, 0.15) is 11.6 Å². The van der Waals surface area contributed by atoms with Crippen molar-refractivity contribution in [3.63, 3.8) is 0 Å². The lowest BCUT2D eigenvalue weighted by Crippen LogP contribution is -2.41. The Kier molecular flexibility index (Phi) is 7.40. The minimum absolute atomic E-state index is 0.103. The first-order chi connectivity index (χ1) is 14.1. The molecule has 1 fully saturated rings. The molecule has 0 spiro atoms. The number of carbonyl (C=O) groups is 2. The highest BCUT2D eigenvalue weighted by Crippen LogP contribution is 2.15. The minimum atomic E-state index is -0.352. The van der Waals surface area contributed by atoms with Crippen molar-refractivity contribution in [1.82, 2.24) is 15.6 Å². The number of aromatic nitrogens is 1. The van der Waals surface area contributed by atoms with Crippen LogP contribution in [0.2, 0.25) is 0 Å². The molecule has 154 valence electrons. The first kappa shape index (κ1) is 20.6. The second kappa shape index (κ2) is 10.4. The van der Waals surface area contributed by atoms with Crippen molar-refractivity contribution in [2.75, 3.05) is 37.7 Å². The SMILES string of the molecule is CC1CN(c2ccc(CNC(=O)CNC(=O)COc3ccccc3)cn2)CCO1. The van der Waals surface area contributed by atoms with E-state index in [1.165, 1.54) is 0 Å². The summed E-state index contributed by atoms with van der Waals surface area (Å²) in [6, 6.07) is 12.9. The zero-order chi connectivity index (χ0) is 20.5. The van der Waals surface area contributed by atoms with E-state index < -0.39 is 0 Å². The maximum atomic E-state index is 11.9. The number of para-hydroxylation sites is 1. The lowest BCUT2D eigenvalue weighted by Gasteiger charge is -2.32. The summed E-state index contributed by atoms with van der Waals surface area (Å²) in [5.74, 6) is 0.884. The maximum Gasteiger partial charge on any atom is 0.258 e. The maximum absolute atomic E-state index is 11.9. The number of morpholine rings is 1. The van der Waals surface area contributed by atoms with Gasteiger partial charge in [-0.25, -0.2) is 4.98 Å². The predicted molar refractivity (Wildman–Crippen MR) is 109 cm³/mol. The Labute approximate surface area is 170 Å². The quantitative estimate of drug-likeness (QED) is 0.692. The van der Waals surface area contributed by atoms with Gasteiger partial charge in [0.2, 0.25) is 5.91 Å². The van der Waals surface area contributed by atoms with Crippen LogP contribution in [0.5, 0.6) is 5.75 Å². The van der Waals surface area contributed by atoms with Crippen LogP contribution in [0.25, 0.3) is 0 Å². The van der Waals surface area contributed by atoms with Crippen molar-refractivity contribution in [2.24, 2.45) is 0 Å². The summed E-state index contributed by atoms with van der Waals surface area (Å²) in [5, 5.41) is 5.30. The average Bonchev–Trinajstić information content (AvgIpc) is 2.76. The molecule has 1 aromatic carbocycles. The van der Waals surface area contributed by atoms with Gasteiger partial charge in [-0.05, 0) is 30.7 Å². The Hall–Kier alpha value is -3.13. The van der Waals surface area contributed by atoms with Gasteiger partial charge in [-0.2, -0.15) is 0 Å². The molecule has 0 saturated carbocycles. The minimum Gasteiger partial charge on any atom is -0.484 e. The predicted octanol–water partition coefficient (Wildman–Crippen LogP) is 1.12. The van der Waals surface area contributed by atoms with Crippen molar-refractivity contribution in [1.29, 1.82) is 0 Å². The molecule has 1 atom stereocenters. The summed E-state index contributed by atoms with van der Waals surface area (Å²) in [7, 11) is 0. The molecule has 1 saturated heterocycles. The average molecular weight is 398 g/mol. The van der Waals surface area contributed by atoms with E-state index in [-0.39, 0.29) is 31.1 Å². The van der Waals surface area contributed by atoms with Crippen molar-refractivity contribution >= 4 is 17.6 Å². The van der Waals surface area contributed by atoms with E-state index in [9.17, 15) is 9.59 Å². The monoisotopic (exact) mass is 398 g/mol. The smallest absolute Gasteiger partial charge is 0.258 e. The Morgan fingerprint density at radius 2 is 2.00 bits per heavy atom. The Morgan fingerprint density at radius 3 is 2.72 bits per heavy atom. The van der Waals surface area contributed by atoms with Crippen LogP contribution in [0, 0.1) is 0 Å². The van der Waals surface area contributed by atoms with Crippen LogP contribution in [-0.2, 0) is 20.9 Å². The third-order valence-electron chi connectivity index (χ3n) is 4.42. The molecule has 2 N–H and O–H groups in total. The van der Waals surface area contributed by atoms with E-state index in [4.69, 9.17) is 9.47 Å². The topological polar surface area (TPSA) is 92.8 Å². The first-order valence-electron chi connectivity index (χ1n) is 9.63. The third-order valence-corrected chi connectivity index (χ3v) is 4.42. The number of nitrogens with one attached hydrogen (secondary N) is 2. The normalized spacial score (nSPS) is 16.2. The molecular formula is C21H26N4O4. The van der Waals surface area contributed by atoms with E-state index in [0.717, 1.165) is 24.5 Å². The molecule has 2 heterocycles. The van der Waals surface area contributed by atoms with E-state index in [1.807, 2.05) is 37.3 Å². The Balaban J connectivity index is 1.35. The largest absolute Gasteiger partial charge is 0.484 e. The van der Waals surface area contributed by atoms with Gasteiger partial charge in [-0.15, -0.1) is 0 Å². The summed E-state index contributed by atoms with van der Waals surface area (Å²) < 4.78 is 10.9. The molecule has 0 bridgehead atoms. The van der Waals surface area contributed by atoms with Crippen molar-refractivity contribution in [3.8, 4) is 5.75 Å². The van der Waals surface area contributed by atoms with Crippen LogP contribution in [-0.4, -0.2) is 55.8 Å². The molecule has 1 aliphatic heterocycles. The van der Waals surface area contributed by atoms with E-state index in [1.54, 1.807) is 18.3 Å². The zero-order valence-electron chi connectivity index (χ0n) is 16.5. The fourth-order valence-electron chi connectivity index (χ4n) is 2.89. The van der Waals surface area contributed by atoms with Gasteiger partial charge < -0.3 is 25.0 Å². The van der Waals surface area contributed by atoms with Crippen LogP contribution in [0.4, 0.5) is 5.82 Å². The number of amides is 2. The highest BCUT2D eigenvalue weighted by molar-refractivity contribution is 5.85. The summed E-state index contributed by atoms with van der Waals surface area (Å²) in [6.45, 7) is 4.49. The Bertz CT molecular complexity index is 798. The summed E-state index contributed by atoms with van der Waals surface area (Å²) in [5.41, 5.74) is 0.891. The number of hydrogen-bond donors (Lipinski definition) is 2. The molecule has 1 unspecified atom stereocenters. The number of benzene rings is 1. The second-order valence-corrected chi connectivity index (χ2v) is 6.81. The third kappa shape index (κ3) is 6.76. The molecular weight excluding hydrogens is 372 g/mol.